The van der Waals surface area contributed by atoms with Crippen molar-refractivity contribution >= 4 is 0 Å². The molecule has 0 atom stereocenters. The topological polar surface area (TPSA) is 0 Å². The summed E-state index contributed by atoms with van der Waals surface area (Å²) in [6.45, 7) is 10.8. The van der Waals surface area contributed by atoms with Gasteiger partial charge in [-0.05, 0) is 29.9 Å². The Kier molecular flexibility index (Phi) is 8.08. The van der Waals surface area contributed by atoms with E-state index in [9.17, 15) is 0 Å². The van der Waals surface area contributed by atoms with E-state index in [-0.39, 0.29) is 0 Å². The van der Waals surface area contributed by atoms with E-state index in [0.29, 0.717) is 0 Å². The SMILES string of the molecule is CC.CCCc1ccc(CC(C)C)cc1. The van der Waals surface area contributed by atoms with Crippen molar-refractivity contribution in [3.8, 4) is 0 Å². The maximum Gasteiger partial charge on any atom is -0.0256 e. The highest BCUT2D eigenvalue weighted by Gasteiger charge is 1.97. The molecule has 0 N–H and O–H groups in total. The Bertz CT molecular complexity index is 231. The molecule has 0 fully saturated rings. The Morgan fingerprint density at radius 1 is 0.933 bits per heavy atom. The predicted molar refractivity (Wildman–Crippen MR) is 70.3 cm³/mol. The molecule has 15 heavy (non-hydrogen) atoms. The minimum atomic E-state index is 0.761. The van der Waals surface area contributed by atoms with Crippen molar-refractivity contribution < 1.29 is 0 Å². The Hall–Kier alpha value is -0.780. The normalized spacial score (nSPS) is 9.73. The van der Waals surface area contributed by atoms with Crippen LogP contribution in [0, 0.1) is 5.92 Å². The second-order valence-electron chi connectivity index (χ2n) is 4.16. The van der Waals surface area contributed by atoms with Crippen LogP contribution in [0.4, 0.5) is 0 Å². The summed E-state index contributed by atoms with van der Waals surface area (Å²) in [5.74, 6) is 0.761. The summed E-state index contributed by atoms with van der Waals surface area (Å²) in [5, 5.41) is 0. The number of rotatable bonds is 4. The zero-order valence-electron chi connectivity index (χ0n) is 11.0. The highest BCUT2D eigenvalue weighted by Crippen LogP contribution is 2.10. The van der Waals surface area contributed by atoms with E-state index in [1.165, 1.54) is 30.4 Å². The van der Waals surface area contributed by atoms with Gasteiger partial charge in [0.15, 0.2) is 0 Å². The molecule has 0 nitrogen and oxygen atoms in total. The molecule has 0 saturated carbocycles. The summed E-state index contributed by atoms with van der Waals surface area (Å²) in [6.07, 6.45) is 3.65. The first-order valence-corrected chi connectivity index (χ1v) is 6.30. The molecule has 0 amide bonds. The van der Waals surface area contributed by atoms with Gasteiger partial charge in [-0.2, -0.15) is 0 Å². The Morgan fingerprint density at radius 3 is 1.80 bits per heavy atom. The van der Waals surface area contributed by atoms with Gasteiger partial charge in [-0.3, -0.25) is 0 Å². The molecule has 0 saturated heterocycles. The standard InChI is InChI=1S/C13H20.C2H6/c1-4-5-12-6-8-13(9-7-12)10-11(2)3;1-2/h6-9,11H,4-5,10H2,1-3H3;1-2H3. The molecule has 0 bridgehead atoms. The smallest absolute Gasteiger partial charge is 0.0256 e. The van der Waals surface area contributed by atoms with E-state index < -0.39 is 0 Å². The summed E-state index contributed by atoms with van der Waals surface area (Å²) < 4.78 is 0. The van der Waals surface area contributed by atoms with Crippen molar-refractivity contribution in [3.63, 3.8) is 0 Å². The third kappa shape index (κ3) is 6.33. The molecule has 0 aliphatic heterocycles. The predicted octanol–water partition coefficient (Wildman–Crippen LogP) is 4.86. The van der Waals surface area contributed by atoms with Crippen molar-refractivity contribution in [1.29, 1.82) is 0 Å². The fourth-order valence-electron chi connectivity index (χ4n) is 1.60. The fraction of sp³-hybridized carbons (Fsp3) is 0.600. The number of benzene rings is 1. The molecule has 0 spiro atoms. The minimum absolute atomic E-state index is 0.761. The maximum atomic E-state index is 2.27. The molecule has 1 rings (SSSR count). The third-order valence-corrected chi connectivity index (χ3v) is 2.21. The molecule has 0 heterocycles. The quantitative estimate of drug-likeness (QED) is 0.659. The first-order valence-electron chi connectivity index (χ1n) is 6.30. The summed E-state index contributed by atoms with van der Waals surface area (Å²) in [6, 6.07) is 9.07. The zero-order chi connectivity index (χ0) is 11.7. The largest absolute Gasteiger partial charge is 0.0683 e. The van der Waals surface area contributed by atoms with Crippen molar-refractivity contribution in [2.45, 2.75) is 53.9 Å². The van der Waals surface area contributed by atoms with Crippen LogP contribution < -0.4 is 0 Å². The van der Waals surface area contributed by atoms with E-state index in [4.69, 9.17) is 0 Å². The molecule has 0 heteroatoms. The van der Waals surface area contributed by atoms with Gasteiger partial charge in [0.1, 0.15) is 0 Å². The van der Waals surface area contributed by atoms with Crippen LogP contribution >= 0.6 is 0 Å². The molecule has 1 aromatic carbocycles. The van der Waals surface area contributed by atoms with Crippen LogP contribution in [0.2, 0.25) is 0 Å². The van der Waals surface area contributed by atoms with E-state index in [2.05, 4.69) is 45.0 Å². The van der Waals surface area contributed by atoms with Crippen molar-refractivity contribution in [1.82, 2.24) is 0 Å². The summed E-state index contributed by atoms with van der Waals surface area (Å²) in [7, 11) is 0. The van der Waals surface area contributed by atoms with E-state index in [1.807, 2.05) is 13.8 Å². The second-order valence-corrected chi connectivity index (χ2v) is 4.16. The molecule has 0 radical (unpaired) electrons. The Balaban J connectivity index is 0.000000921. The lowest BCUT2D eigenvalue weighted by Gasteiger charge is -2.05. The molecule has 0 unspecified atom stereocenters. The van der Waals surface area contributed by atoms with Crippen molar-refractivity contribution in [3.05, 3.63) is 35.4 Å². The number of hydrogen-bond acceptors (Lipinski definition) is 0. The lowest BCUT2D eigenvalue weighted by atomic mass is 10.0. The Morgan fingerprint density at radius 2 is 1.40 bits per heavy atom. The Labute approximate surface area is 95.7 Å². The van der Waals surface area contributed by atoms with Gasteiger partial charge in [0.2, 0.25) is 0 Å². The molecule has 1 aromatic rings. The zero-order valence-corrected chi connectivity index (χ0v) is 11.0. The summed E-state index contributed by atoms with van der Waals surface area (Å²) >= 11 is 0. The molecular formula is C15H26. The van der Waals surface area contributed by atoms with Gasteiger partial charge < -0.3 is 0 Å². The molecule has 86 valence electrons. The monoisotopic (exact) mass is 206 g/mol. The maximum absolute atomic E-state index is 2.27. The average Bonchev–Trinajstić information content (AvgIpc) is 2.24. The van der Waals surface area contributed by atoms with Gasteiger partial charge in [-0.1, -0.05) is 65.3 Å². The van der Waals surface area contributed by atoms with Crippen LogP contribution in [-0.2, 0) is 12.8 Å². The second kappa shape index (κ2) is 8.52. The minimum Gasteiger partial charge on any atom is -0.0683 e. The lowest BCUT2D eigenvalue weighted by Crippen LogP contribution is -1.94. The van der Waals surface area contributed by atoms with Crippen molar-refractivity contribution in [2.75, 3.05) is 0 Å². The van der Waals surface area contributed by atoms with Gasteiger partial charge in [0.05, 0.1) is 0 Å². The van der Waals surface area contributed by atoms with Crippen LogP contribution in [0.3, 0.4) is 0 Å². The first-order chi connectivity index (χ1) is 7.22. The van der Waals surface area contributed by atoms with Crippen LogP contribution in [0.15, 0.2) is 24.3 Å². The lowest BCUT2D eigenvalue weighted by molar-refractivity contribution is 0.647. The van der Waals surface area contributed by atoms with Gasteiger partial charge in [0.25, 0.3) is 0 Å². The van der Waals surface area contributed by atoms with Gasteiger partial charge in [-0.25, -0.2) is 0 Å². The first kappa shape index (κ1) is 14.2. The van der Waals surface area contributed by atoms with E-state index in [1.54, 1.807) is 0 Å². The molecule has 0 aliphatic carbocycles. The van der Waals surface area contributed by atoms with Crippen LogP contribution in [0.1, 0.15) is 52.2 Å². The molecule has 0 aliphatic rings. The van der Waals surface area contributed by atoms with E-state index in [0.717, 1.165) is 5.92 Å². The van der Waals surface area contributed by atoms with Gasteiger partial charge >= 0.3 is 0 Å². The summed E-state index contributed by atoms with van der Waals surface area (Å²) in [5.41, 5.74) is 2.94. The number of hydrogen-bond donors (Lipinski definition) is 0. The van der Waals surface area contributed by atoms with Gasteiger partial charge in [-0.15, -0.1) is 0 Å². The van der Waals surface area contributed by atoms with Crippen molar-refractivity contribution in [2.24, 2.45) is 5.92 Å². The number of aryl methyl sites for hydroxylation is 1. The third-order valence-electron chi connectivity index (χ3n) is 2.21. The fourth-order valence-corrected chi connectivity index (χ4v) is 1.60. The van der Waals surface area contributed by atoms with Crippen LogP contribution in [0.25, 0.3) is 0 Å². The van der Waals surface area contributed by atoms with Gasteiger partial charge in [0, 0.05) is 0 Å². The molecule has 0 aromatic heterocycles. The highest BCUT2D eigenvalue weighted by molar-refractivity contribution is 5.22. The van der Waals surface area contributed by atoms with Crippen LogP contribution in [-0.4, -0.2) is 0 Å². The van der Waals surface area contributed by atoms with E-state index >= 15 is 0 Å². The average molecular weight is 206 g/mol. The molecular weight excluding hydrogens is 180 g/mol. The van der Waals surface area contributed by atoms with Crippen LogP contribution in [0.5, 0.6) is 0 Å². The summed E-state index contributed by atoms with van der Waals surface area (Å²) in [4.78, 5) is 0. The highest BCUT2D eigenvalue weighted by atomic mass is 14.0.